The Morgan fingerprint density at radius 2 is 2.10 bits per heavy atom. The van der Waals surface area contributed by atoms with E-state index in [4.69, 9.17) is 5.73 Å². The molecule has 1 aromatic carbocycles. The lowest BCUT2D eigenvalue weighted by molar-refractivity contribution is 0.580. The van der Waals surface area contributed by atoms with Crippen molar-refractivity contribution in [2.75, 3.05) is 6.54 Å². The van der Waals surface area contributed by atoms with Gasteiger partial charge in [0.2, 0.25) is 10.0 Å². The van der Waals surface area contributed by atoms with Gasteiger partial charge in [0.15, 0.2) is 0 Å². The number of nitrogens with two attached hydrogens (primary N) is 1. The van der Waals surface area contributed by atoms with Crippen LogP contribution in [-0.4, -0.2) is 19.9 Å². The van der Waals surface area contributed by atoms with E-state index < -0.39 is 10.0 Å². The number of sulfonamides is 1. The predicted molar refractivity (Wildman–Crippen MR) is 84.8 cm³/mol. The lowest BCUT2D eigenvalue weighted by Crippen LogP contribution is -2.27. The third-order valence-corrected chi connectivity index (χ3v) is 5.84. The molecule has 0 bridgehead atoms. The second-order valence-electron chi connectivity index (χ2n) is 4.77. The van der Waals surface area contributed by atoms with Crippen LogP contribution in [0.25, 0.3) is 0 Å². The fourth-order valence-corrected chi connectivity index (χ4v) is 4.15. The van der Waals surface area contributed by atoms with Gasteiger partial charge in [-0.25, -0.2) is 18.1 Å². The van der Waals surface area contributed by atoms with Gasteiger partial charge in [-0.3, -0.25) is 0 Å². The molecule has 1 heterocycles. The van der Waals surface area contributed by atoms with Crippen LogP contribution in [-0.2, 0) is 23.0 Å². The minimum absolute atomic E-state index is 0.292. The molecule has 2 rings (SSSR count). The average molecular weight is 325 g/mol. The lowest BCUT2D eigenvalue weighted by atomic mass is 10.1. The third-order valence-electron chi connectivity index (χ3n) is 3.20. The summed E-state index contributed by atoms with van der Waals surface area (Å²) in [6, 6.07) is 5.16. The van der Waals surface area contributed by atoms with Crippen molar-refractivity contribution < 1.29 is 8.42 Å². The maximum Gasteiger partial charge on any atom is 0.240 e. The van der Waals surface area contributed by atoms with Crippen molar-refractivity contribution in [2.45, 2.75) is 31.7 Å². The highest BCUT2D eigenvalue weighted by atomic mass is 32.2. The smallest absolute Gasteiger partial charge is 0.240 e. The van der Waals surface area contributed by atoms with E-state index in [2.05, 4.69) is 9.71 Å². The first kappa shape index (κ1) is 16.1. The highest BCUT2D eigenvalue weighted by Gasteiger charge is 2.17. The van der Waals surface area contributed by atoms with Crippen molar-refractivity contribution in [1.29, 1.82) is 0 Å². The fraction of sp³-hybridized carbons (Fsp3) is 0.357. The number of hydrogen-bond acceptors (Lipinski definition) is 5. The van der Waals surface area contributed by atoms with E-state index in [1.165, 1.54) is 0 Å². The Hall–Kier alpha value is -1.28. The van der Waals surface area contributed by atoms with Gasteiger partial charge in [0.25, 0.3) is 0 Å². The summed E-state index contributed by atoms with van der Waals surface area (Å²) in [4.78, 5) is 4.61. The van der Waals surface area contributed by atoms with Gasteiger partial charge in [-0.1, -0.05) is 12.1 Å². The van der Waals surface area contributed by atoms with Crippen LogP contribution < -0.4 is 10.5 Å². The minimum Gasteiger partial charge on any atom is -0.326 e. The maximum absolute atomic E-state index is 12.3. The fourth-order valence-electron chi connectivity index (χ4n) is 2.06. The lowest BCUT2D eigenvalue weighted by Gasteiger charge is -2.11. The Bertz CT molecular complexity index is 724. The number of nitrogens with zero attached hydrogens (tertiary/aromatic N) is 1. The van der Waals surface area contributed by atoms with Gasteiger partial charge in [0, 0.05) is 30.6 Å². The van der Waals surface area contributed by atoms with E-state index in [9.17, 15) is 8.42 Å². The predicted octanol–water partition coefficient (Wildman–Crippen LogP) is 1.74. The molecule has 0 aliphatic heterocycles. The molecule has 1 aromatic heterocycles. The van der Waals surface area contributed by atoms with Crippen LogP contribution in [0.3, 0.4) is 0 Å². The number of nitrogens with one attached hydrogen (secondary N) is 1. The molecule has 2 aromatic rings. The van der Waals surface area contributed by atoms with Gasteiger partial charge >= 0.3 is 0 Å². The van der Waals surface area contributed by atoms with Crippen molar-refractivity contribution >= 4 is 21.4 Å². The zero-order valence-corrected chi connectivity index (χ0v) is 13.7. The second kappa shape index (κ2) is 6.65. The van der Waals surface area contributed by atoms with Crippen molar-refractivity contribution in [3.05, 3.63) is 45.4 Å². The Balaban J connectivity index is 2.08. The van der Waals surface area contributed by atoms with Crippen molar-refractivity contribution in [3.8, 4) is 0 Å². The topological polar surface area (TPSA) is 85.1 Å². The zero-order valence-electron chi connectivity index (χ0n) is 12.1. The van der Waals surface area contributed by atoms with Crippen LogP contribution in [0.5, 0.6) is 0 Å². The molecule has 0 amide bonds. The van der Waals surface area contributed by atoms with Crippen LogP contribution >= 0.6 is 11.3 Å². The molecule has 0 fully saturated rings. The summed E-state index contributed by atoms with van der Waals surface area (Å²) < 4.78 is 27.3. The molecule has 114 valence electrons. The van der Waals surface area contributed by atoms with Gasteiger partial charge < -0.3 is 5.73 Å². The molecule has 0 spiro atoms. The number of benzene rings is 1. The Morgan fingerprint density at radius 3 is 2.71 bits per heavy atom. The monoisotopic (exact) mass is 325 g/mol. The van der Waals surface area contributed by atoms with Crippen LogP contribution in [0.1, 0.15) is 21.8 Å². The van der Waals surface area contributed by atoms with E-state index in [0.29, 0.717) is 30.0 Å². The molecule has 0 saturated heterocycles. The SMILES string of the molecule is Cc1csc(CCNS(=O)(=O)c2cccc(CN)c2C)n1. The normalized spacial score (nSPS) is 11.8. The largest absolute Gasteiger partial charge is 0.326 e. The molecular formula is C14H19N3O2S2. The molecular weight excluding hydrogens is 306 g/mol. The molecule has 0 unspecified atom stereocenters. The number of hydrogen-bond donors (Lipinski definition) is 2. The van der Waals surface area contributed by atoms with Crippen LogP contribution in [0.15, 0.2) is 28.5 Å². The van der Waals surface area contributed by atoms with Crippen molar-refractivity contribution in [3.63, 3.8) is 0 Å². The first-order valence-corrected chi connectivity index (χ1v) is 8.99. The van der Waals surface area contributed by atoms with E-state index in [1.807, 2.05) is 18.4 Å². The highest BCUT2D eigenvalue weighted by molar-refractivity contribution is 7.89. The number of thiazole rings is 1. The molecule has 5 nitrogen and oxygen atoms in total. The molecule has 21 heavy (non-hydrogen) atoms. The summed E-state index contributed by atoms with van der Waals surface area (Å²) in [6.07, 6.45) is 0.591. The first-order valence-electron chi connectivity index (χ1n) is 6.63. The molecule has 0 aliphatic rings. The molecule has 0 aliphatic carbocycles. The summed E-state index contributed by atoms with van der Waals surface area (Å²) in [5, 5.41) is 2.89. The van der Waals surface area contributed by atoms with Gasteiger partial charge in [-0.05, 0) is 31.0 Å². The second-order valence-corrected chi connectivity index (χ2v) is 7.45. The molecule has 3 N–H and O–H groups in total. The summed E-state index contributed by atoms with van der Waals surface area (Å²) in [7, 11) is -3.52. The summed E-state index contributed by atoms with van der Waals surface area (Å²) in [5.41, 5.74) is 8.13. The number of aromatic nitrogens is 1. The summed E-state index contributed by atoms with van der Waals surface area (Å²) >= 11 is 1.54. The van der Waals surface area contributed by atoms with Gasteiger partial charge in [0.1, 0.15) is 0 Å². The Kier molecular flexibility index (Phi) is 5.10. The van der Waals surface area contributed by atoms with Gasteiger partial charge in [-0.15, -0.1) is 11.3 Å². The molecule has 7 heteroatoms. The Labute approximate surface area is 129 Å². The van der Waals surface area contributed by atoms with E-state index in [1.54, 1.807) is 30.4 Å². The highest BCUT2D eigenvalue weighted by Crippen LogP contribution is 2.18. The van der Waals surface area contributed by atoms with E-state index in [0.717, 1.165) is 16.3 Å². The van der Waals surface area contributed by atoms with Crippen LogP contribution in [0.2, 0.25) is 0 Å². The van der Waals surface area contributed by atoms with E-state index in [-0.39, 0.29) is 0 Å². The maximum atomic E-state index is 12.3. The van der Waals surface area contributed by atoms with Crippen LogP contribution in [0, 0.1) is 13.8 Å². The quantitative estimate of drug-likeness (QED) is 0.847. The van der Waals surface area contributed by atoms with E-state index >= 15 is 0 Å². The zero-order chi connectivity index (χ0) is 15.5. The average Bonchev–Trinajstić information content (AvgIpc) is 2.84. The molecule has 0 atom stereocenters. The molecule has 0 saturated carbocycles. The van der Waals surface area contributed by atoms with Crippen LogP contribution in [0.4, 0.5) is 0 Å². The summed E-state index contributed by atoms with van der Waals surface area (Å²) in [6.45, 7) is 4.36. The number of rotatable bonds is 6. The standard InChI is InChI=1S/C14H19N3O2S2/c1-10-9-20-14(17-10)6-7-16-21(18,19)13-5-3-4-12(8-15)11(13)2/h3-5,9,16H,6-8,15H2,1-2H3. The third kappa shape index (κ3) is 3.88. The Morgan fingerprint density at radius 1 is 1.33 bits per heavy atom. The first-order chi connectivity index (χ1) is 9.94. The van der Waals surface area contributed by atoms with Gasteiger partial charge in [-0.2, -0.15) is 0 Å². The molecule has 0 radical (unpaired) electrons. The van der Waals surface area contributed by atoms with Crippen molar-refractivity contribution in [2.24, 2.45) is 5.73 Å². The number of aryl methyl sites for hydroxylation is 1. The van der Waals surface area contributed by atoms with Gasteiger partial charge in [0.05, 0.1) is 9.90 Å². The summed E-state index contributed by atoms with van der Waals surface area (Å²) in [5.74, 6) is 0. The van der Waals surface area contributed by atoms with Crippen molar-refractivity contribution in [1.82, 2.24) is 9.71 Å². The minimum atomic E-state index is -3.52.